The standard InChI is InChI=1S/C15H24N2O5S2/c1-3-23(19,20)17-9-7-13-4-5-15(10-14(13)11-17)24(21,22)16-8-6-12(2)18/h4-5,10,12,16,18H,3,6-9,11H2,1-2H3. The Morgan fingerprint density at radius 2 is 1.96 bits per heavy atom. The van der Waals surface area contributed by atoms with Gasteiger partial charge in [0, 0.05) is 19.6 Å². The smallest absolute Gasteiger partial charge is 0.240 e. The number of nitrogens with one attached hydrogen (secondary N) is 1. The third-order valence-electron chi connectivity index (χ3n) is 4.08. The van der Waals surface area contributed by atoms with Crippen LogP contribution in [0.5, 0.6) is 0 Å². The van der Waals surface area contributed by atoms with E-state index in [0.29, 0.717) is 19.4 Å². The van der Waals surface area contributed by atoms with Crippen LogP contribution in [0.3, 0.4) is 0 Å². The fourth-order valence-corrected chi connectivity index (χ4v) is 4.75. The first-order valence-electron chi connectivity index (χ1n) is 7.93. The van der Waals surface area contributed by atoms with E-state index in [1.807, 2.05) is 0 Å². The van der Waals surface area contributed by atoms with Crippen LogP contribution in [0, 0.1) is 0 Å². The van der Waals surface area contributed by atoms with Crippen LogP contribution in [-0.2, 0) is 33.0 Å². The SMILES string of the molecule is CCS(=O)(=O)N1CCc2ccc(S(=O)(=O)NCCC(C)O)cc2C1. The Bertz CT molecular complexity index is 788. The first-order valence-corrected chi connectivity index (χ1v) is 11.0. The largest absolute Gasteiger partial charge is 0.393 e. The number of nitrogens with zero attached hydrogens (tertiary/aromatic N) is 1. The number of rotatable bonds is 7. The van der Waals surface area contributed by atoms with Crippen molar-refractivity contribution in [3.05, 3.63) is 29.3 Å². The highest BCUT2D eigenvalue weighted by atomic mass is 32.2. The lowest BCUT2D eigenvalue weighted by molar-refractivity contribution is 0.186. The third-order valence-corrected chi connectivity index (χ3v) is 7.36. The molecular formula is C15H24N2O5S2. The molecule has 0 spiro atoms. The van der Waals surface area contributed by atoms with Gasteiger partial charge in [0.25, 0.3) is 0 Å². The van der Waals surface area contributed by atoms with Crippen LogP contribution in [-0.4, -0.2) is 51.2 Å². The molecule has 1 aromatic carbocycles. The van der Waals surface area contributed by atoms with Crippen molar-refractivity contribution in [1.82, 2.24) is 9.03 Å². The van der Waals surface area contributed by atoms with Crippen LogP contribution in [0.4, 0.5) is 0 Å². The highest BCUT2D eigenvalue weighted by Crippen LogP contribution is 2.24. The van der Waals surface area contributed by atoms with Gasteiger partial charge in [-0.25, -0.2) is 21.6 Å². The molecule has 0 aliphatic carbocycles. The highest BCUT2D eigenvalue weighted by Gasteiger charge is 2.26. The van der Waals surface area contributed by atoms with Crippen molar-refractivity contribution in [2.75, 3.05) is 18.8 Å². The second-order valence-corrected chi connectivity index (χ2v) is 9.97. The maximum Gasteiger partial charge on any atom is 0.240 e. The highest BCUT2D eigenvalue weighted by molar-refractivity contribution is 7.89. The van der Waals surface area contributed by atoms with Crippen LogP contribution in [0.2, 0.25) is 0 Å². The van der Waals surface area contributed by atoms with Crippen LogP contribution >= 0.6 is 0 Å². The Labute approximate surface area is 143 Å². The summed E-state index contributed by atoms with van der Waals surface area (Å²) in [6.45, 7) is 3.95. The molecule has 0 saturated heterocycles. The van der Waals surface area contributed by atoms with Crippen LogP contribution in [0.15, 0.2) is 23.1 Å². The Balaban J connectivity index is 2.20. The van der Waals surface area contributed by atoms with Gasteiger partial charge in [0.2, 0.25) is 20.0 Å². The van der Waals surface area contributed by atoms with Crippen LogP contribution < -0.4 is 4.72 Å². The van der Waals surface area contributed by atoms with Gasteiger partial charge in [0.05, 0.1) is 16.8 Å². The molecule has 0 amide bonds. The molecular weight excluding hydrogens is 352 g/mol. The number of aliphatic hydroxyl groups excluding tert-OH is 1. The normalized spacial score (nSPS) is 17.5. The summed E-state index contributed by atoms with van der Waals surface area (Å²) in [6.07, 6.45) is 0.320. The zero-order valence-electron chi connectivity index (χ0n) is 13.9. The van der Waals surface area contributed by atoms with Gasteiger partial charge in [-0.3, -0.25) is 0 Å². The first kappa shape index (κ1) is 19.3. The summed E-state index contributed by atoms with van der Waals surface area (Å²) in [4.78, 5) is 0.114. The molecule has 2 rings (SSSR count). The second kappa shape index (κ2) is 7.49. The van der Waals surface area contributed by atoms with Crippen molar-refractivity contribution in [3.8, 4) is 0 Å². The fourth-order valence-electron chi connectivity index (χ4n) is 2.58. The van der Waals surface area contributed by atoms with E-state index >= 15 is 0 Å². The van der Waals surface area contributed by atoms with Crippen molar-refractivity contribution in [1.29, 1.82) is 0 Å². The number of hydrogen-bond donors (Lipinski definition) is 2. The lowest BCUT2D eigenvalue weighted by Crippen LogP contribution is -2.37. The van der Waals surface area contributed by atoms with Gasteiger partial charge in [-0.05, 0) is 49.9 Å². The lowest BCUT2D eigenvalue weighted by Gasteiger charge is -2.28. The van der Waals surface area contributed by atoms with Gasteiger partial charge < -0.3 is 5.11 Å². The molecule has 136 valence electrons. The number of benzene rings is 1. The summed E-state index contributed by atoms with van der Waals surface area (Å²) in [7, 11) is -6.97. The van der Waals surface area contributed by atoms with Gasteiger partial charge in [-0.1, -0.05) is 6.07 Å². The van der Waals surface area contributed by atoms with Gasteiger partial charge >= 0.3 is 0 Å². The number of hydrogen-bond acceptors (Lipinski definition) is 5. The van der Waals surface area contributed by atoms with Crippen LogP contribution in [0.25, 0.3) is 0 Å². The summed E-state index contributed by atoms with van der Waals surface area (Å²) >= 11 is 0. The topological polar surface area (TPSA) is 104 Å². The minimum atomic E-state index is -3.68. The number of fused-ring (bicyclic) bond motifs is 1. The van der Waals surface area contributed by atoms with Crippen molar-refractivity contribution >= 4 is 20.0 Å². The predicted molar refractivity (Wildman–Crippen MR) is 91.5 cm³/mol. The molecule has 1 atom stereocenters. The van der Waals surface area contributed by atoms with Gasteiger partial charge in [-0.15, -0.1) is 0 Å². The zero-order valence-corrected chi connectivity index (χ0v) is 15.5. The molecule has 1 aromatic rings. The van der Waals surface area contributed by atoms with Gasteiger partial charge in [0.1, 0.15) is 0 Å². The quantitative estimate of drug-likeness (QED) is 0.719. The average Bonchev–Trinajstić information content (AvgIpc) is 2.53. The molecule has 1 aliphatic rings. The van der Waals surface area contributed by atoms with Gasteiger partial charge in [-0.2, -0.15) is 4.31 Å². The molecule has 1 unspecified atom stereocenters. The minimum absolute atomic E-state index is 0.0290. The molecule has 0 bridgehead atoms. The molecule has 0 fully saturated rings. The van der Waals surface area contributed by atoms with E-state index in [2.05, 4.69) is 4.72 Å². The molecule has 1 heterocycles. The zero-order chi connectivity index (χ0) is 18.0. The third kappa shape index (κ3) is 4.54. The van der Waals surface area contributed by atoms with Crippen molar-refractivity contribution < 1.29 is 21.9 Å². The molecule has 1 aliphatic heterocycles. The monoisotopic (exact) mass is 376 g/mol. The number of sulfonamides is 2. The van der Waals surface area contributed by atoms with Crippen molar-refractivity contribution in [2.45, 2.75) is 44.2 Å². The Hall–Kier alpha value is -1.00. The molecule has 0 radical (unpaired) electrons. The summed E-state index contributed by atoms with van der Waals surface area (Å²) in [6, 6.07) is 4.82. The predicted octanol–water partition coefficient (Wildman–Crippen LogP) is 0.444. The van der Waals surface area contributed by atoms with E-state index in [9.17, 15) is 21.9 Å². The first-order chi connectivity index (χ1) is 11.2. The lowest BCUT2D eigenvalue weighted by atomic mass is 10.0. The Morgan fingerprint density at radius 3 is 2.58 bits per heavy atom. The summed E-state index contributed by atoms with van der Waals surface area (Å²) in [5.74, 6) is 0.0290. The fraction of sp³-hybridized carbons (Fsp3) is 0.600. The van der Waals surface area contributed by atoms with Crippen LogP contribution in [0.1, 0.15) is 31.4 Å². The number of aliphatic hydroxyl groups is 1. The van der Waals surface area contributed by atoms with E-state index in [1.165, 1.54) is 16.4 Å². The Kier molecular flexibility index (Phi) is 6.03. The molecule has 0 saturated carbocycles. The molecule has 24 heavy (non-hydrogen) atoms. The van der Waals surface area contributed by atoms with E-state index < -0.39 is 26.2 Å². The summed E-state index contributed by atoms with van der Waals surface area (Å²) in [5, 5.41) is 9.21. The van der Waals surface area contributed by atoms with E-state index in [0.717, 1.165) is 11.1 Å². The maximum atomic E-state index is 12.3. The Morgan fingerprint density at radius 1 is 1.25 bits per heavy atom. The molecule has 9 heteroatoms. The van der Waals surface area contributed by atoms with E-state index in [-0.39, 0.29) is 23.7 Å². The van der Waals surface area contributed by atoms with Crippen molar-refractivity contribution in [2.24, 2.45) is 0 Å². The maximum absolute atomic E-state index is 12.3. The molecule has 0 aromatic heterocycles. The molecule has 7 nitrogen and oxygen atoms in total. The second-order valence-electron chi connectivity index (χ2n) is 5.95. The van der Waals surface area contributed by atoms with Gasteiger partial charge in [0.15, 0.2) is 0 Å². The van der Waals surface area contributed by atoms with E-state index in [1.54, 1.807) is 19.9 Å². The van der Waals surface area contributed by atoms with E-state index in [4.69, 9.17) is 0 Å². The molecule has 2 N–H and O–H groups in total. The summed E-state index contributed by atoms with van der Waals surface area (Å²) in [5.41, 5.74) is 1.69. The average molecular weight is 377 g/mol. The summed E-state index contributed by atoms with van der Waals surface area (Å²) < 4.78 is 52.5. The minimum Gasteiger partial charge on any atom is -0.393 e. The van der Waals surface area contributed by atoms with Crippen molar-refractivity contribution in [3.63, 3.8) is 0 Å².